The number of carbonyl (C=O) groups excluding carboxylic acids is 2. The average Bonchev–Trinajstić information content (AvgIpc) is 2.24. The van der Waals surface area contributed by atoms with Crippen molar-refractivity contribution in [1.82, 2.24) is 5.32 Å². The van der Waals surface area contributed by atoms with Crippen LogP contribution in [0, 0.1) is 5.92 Å². The van der Waals surface area contributed by atoms with Crippen LogP contribution in [0.1, 0.15) is 47.5 Å². The zero-order valence-electron chi connectivity index (χ0n) is 12.2. The Hall–Kier alpha value is -1.26. The summed E-state index contributed by atoms with van der Waals surface area (Å²) in [5.41, 5.74) is -0.546. The van der Waals surface area contributed by atoms with Gasteiger partial charge in [0.1, 0.15) is 5.60 Å². The Morgan fingerprint density at radius 3 is 2.22 bits per heavy atom. The molecule has 0 saturated heterocycles. The predicted octanol–water partition coefficient (Wildman–Crippen LogP) is 2.49. The van der Waals surface area contributed by atoms with Crippen molar-refractivity contribution in [1.29, 1.82) is 0 Å². The average molecular weight is 259 g/mol. The van der Waals surface area contributed by atoms with E-state index in [2.05, 4.69) is 10.1 Å². The van der Waals surface area contributed by atoms with Crippen molar-refractivity contribution in [3.8, 4) is 0 Å². The van der Waals surface area contributed by atoms with Crippen molar-refractivity contribution in [2.75, 3.05) is 7.11 Å². The number of rotatable bonds is 5. The summed E-state index contributed by atoms with van der Waals surface area (Å²) in [6.07, 6.45) is 0.513. The van der Waals surface area contributed by atoms with Crippen molar-refractivity contribution in [2.24, 2.45) is 5.92 Å². The molecule has 0 fully saturated rings. The molecule has 0 aromatic heterocycles. The van der Waals surface area contributed by atoms with E-state index in [1.54, 1.807) is 20.8 Å². The van der Waals surface area contributed by atoms with Crippen LogP contribution in [0.25, 0.3) is 0 Å². The fourth-order valence-electron chi connectivity index (χ4n) is 1.40. The second-order valence-electron chi connectivity index (χ2n) is 5.42. The van der Waals surface area contributed by atoms with Gasteiger partial charge in [0.25, 0.3) is 0 Å². The molecule has 0 aliphatic rings. The number of alkyl carbamates (subject to hydrolysis) is 1. The molecule has 5 nitrogen and oxygen atoms in total. The zero-order chi connectivity index (χ0) is 14.3. The van der Waals surface area contributed by atoms with E-state index < -0.39 is 11.7 Å². The van der Waals surface area contributed by atoms with E-state index in [-0.39, 0.29) is 24.3 Å². The van der Waals surface area contributed by atoms with Gasteiger partial charge in [0.2, 0.25) is 0 Å². The van der Waals surface area contributed by atoms with Crippen molar-refractivity contribution in [3.05, 3.63) is 0 Å². The number of carbonyl (C=O) groups is 2. The summed E-state index contributed by atoms with van der Waals surface area (Å²) in [4.78, 5) is 23.0. The van der Waals surface area contributed by atoms with Crippen molar-refractivity contribution in [3.63, 3.8) is 0 Å². The monoisotopic (exact) mass is 259 g/mol. The molecule has 0 bridgehead atoms. The van der Waals surface area contributed by atoms with Gasteiger partial charge >= 0.3 is 12.1 Å². The number of nitrogens with one attached hydrogen (secondary N) is 1. The lowest BCUT2D eigenvalue weighted by molar-refractivity contribution is -0.141. The molecular formula is C13H25NO4. The molecule has 0 aliphatic heterocycles. The third-order valence-electron chi connectivity index (χ3n) is 2.65. The maximum absolute atomic E-state index is 11.7. The molecule has 0 aliphatic carbocycles. The third-order valence-corrected chi connectivity index (χ3v) is 2.65. The maximum Gasteiger partial charge on any atom is 0.407 e. The molecule has 0 spiro atoms. The Bertz CT molecular complexity index is 283. The highest BCUT2D eigenvalue weighted by Crippen LogP contribution is 2.13. The summed E-state index contributed by atoms with van der Waals surface area (Å²) in [6.45, 7) is 9.37. The van der Waals surface area contributed by atoms with Crippen LogP contribution in [0.3, 0.4) is 0 Å². The largest absolute Gasteiger partial charge is 0.469 e. The molecule has 1 N–H and O–H groups in total. The highest BCUT2D eigenvalue weighted by molar-refractivity contribution is 5.72. The van der Waals surface area contributed by atoms with Crippen LogP contribution in [-0.4, -0.2) is 30.8 Å². The molecule has 0 unspecified atom stereocenters. The van der Waals surface area contributed by atoms with Crippen LogP contribution in [0.5, 0.6) is 0 Å². The third kappa shape index (κ3) is 7.14. The van der Waals surface area contributed by atoms with Crippen LogP contribution in [0.2, 0.25) is 0 Å². The van der Waals surface area contributed by atoms with Gasteiger partial charge in [-0.3, -0.25) is 4.79 Å². The van der Waals surface area contributed by atoms with Gasteiger partial charge in [-0.05, 0) is 26.7 Å². The molecule has 18 heavy (non-hydrogen) atoms. The highest BCUT2D eigenvalue weighted by Gasteiger charge is 2.24. The minimum atomic E-state index is -0.546. The lowest BCUT2D eigenvalue weighted by Crippen LogP contribution is -2.43. The van der Waals surface area contributed by atoms with E-state index in [9.17, 15) is 9.59 Å². The molecule has 106 valence electrons. The van der Waals surface area contributed by atoms with Crippen LogP contribution in [0.15, 0.2) is 0 Å². The summed E-state index contributed by atoms with van der Waals surface area (Å²) < 4.78 is 9.80. The smallest absolute Gasteiger partial charge is 0.407 e. The molecule has 2 atom stereocenters. The lowest BCUT2D eigenvalue weighted by atomic mass is 9.96. The van der Waals surface area contributed by atoms with Gasteiger partial charge < -0.3 is 14.8 Å². The molecule has 5 heteroatoms. The molecule has 0 radical (unpaired) electrons. The van der Waals surface area contributed by atoms with Crippen LogP contribution < -0.4 is 5.32 Å². The zero-order valence-corrected chi connectivity index (χ0v) is 12.2. The summed E-state index contributed by atoms with van der Waals surface area (Å²) in [7, 11) is 1.34. The Labute approximate surface area is 109 Å². The topological polar surface area (TPSA) is 64.6 Å². The first-order valence-electron chi connectivity index (χ1n) is 6.26. The van der Waals surface area contributed by atoms with Crippen molar-refractivity contribution in [2.45, 2.75) is 59.1 Å². The van der Waals surface area contributed by atoms with Crippen LogP contribution in [-0.2, 0) is 14.3 Å². The number of esters is 1. The Balaban J connectivity index is 4.49. The number of methoxy groups -OCH3 is 1. The van der Waals surface area contributed by atoms with Crippen molar-refractivity contribution < 1.29 is 19.1 Å². The first-order valence-corrected chi connectivity index (χ1v) is 6.26. The van der Waals surface area contributed by atoms with Crippen molar-refractivity contribution >= 4 is 12.1 Å². The molecule has 0 aromatic carbocycles. The molecule has 0 rings (SSSR count). The Morgan fingerprint density at radius 1 is 1.28 bits per heavy atom. The fourth-order valence-corrected chi connectivity index (χ4v) is 1.40. The van der Waals surface area contributed by atoms with Gasteiger partial charge in [-0.15, -0.1) is 0 Å². The molecular weight excluding hydrogens is 234 g/mol. The van der Waals surface area contributed by atoms with Gasteiger partial charge in [0, 0.05) is 6.04 Å². The standard InChI is InChI=1S/C13H25NO4/c1-7-9(2)10(8-11(15)17-6)14-12(16)18-13(3,4)5/h9-10H,7-8H2,1-6H3,(H,14,16)/t9-,10+/m0/s1. The number of hydrogen-bond acceptors (Lipinski definition) is 4. The number of hydrogen-bond donors (Lipinski definition) is 1. The van der Waals surface area contributed by atoms with Gasteiger partial charge in [-0.1, -0.05) is 20.3 Å². The maximum atomic E-state index is 11.7. The minimum absolute atomic E-state index is 0.157. The first-order chi connectivity index (χ1) is 8.19. The van der Waals surface area contributed by atoms with E-state index in [1.165, 1.54) is 7.11 Å². The van der Waals surface area contributed by atoms with Gasteiger partial charge in [-0.2, -0.15) is 0 Å². The Morgan fingerprint density at radius 2 is 1.83 bits per heavy atom. The summed E-state index contributed by atoms with van der Waals surface area (Å²) >= 11 is 0. The van der Waals surface area contributed by atoms with Gasteiger partial charge in [0.05, 0.1) is 13.5 Å². The summed E-state index contributed by atoms with van der Waals surface area (Å²) in [5.74, 6) is -0.159. The highest BCUT2D eigenvalue weighted by atomic mass is 16.6. The first kappa shape index (κ1) is 16.7. The van der Waals surface area contributed by atoms with Crippen LogP contribution >= 0.6 is 0 Å². The summed E-state index contributed by atoms with van der Waals surface area (Å²) in [6, 6.07) is -0.266. The second-order valence-corrected chi connectivity index (χ2v) is 5.42. The quantitative estimate of drug-likeness (QED) is 0.770. The number of amides is 1. The van der Waals surface area contributed by atoms with E-state index in [1.807, 2.05) is 13.8 Å². The van der Waals surface area contributed by atoms with Gasteiger partial charge in [0.15, 0.2) is 0 Å². The minimum Gasteiger partial charge on any atom is -0.469 e. The normalized spacial score (nSPS) is 14.6. The number of ether oxygens (including phenoxy) is 2. The van der Waals surface area contributed by atoms with E-state index in [0.717, 1.165) is 6.42 Å². The SMILES string of the molecule is CC[C@H](C)[C@@H](CC(=O)OC)NC(=O)OC(C)(C)C. The lowest BCUT2D eigenvalue weighted by Gasteiger charge is -2.26. The van der Waals surface area contributed by atoms with Crippen LogP contribution in [0.4, 0.5) is 4.79 Å². The second kappa shape index (κ2) is 7.24. The van der Waals surface area contributed by atoms with E-state index in [0.29, 0.717) is 0 Å². The van der Waals surface area contributed by atoms with E-state index >= 15 is 0 Å². The fraction of sp³-hybridized carbons (Fsp3) is 0.846. The molecule has 0 heterocycles. The predicted molar refractivity (Wildman–Crippen MR) is 69.2 cm³/mol. The van der Waals surface area contributed by atoms with E-state index in [4.69, 9.17) is 4.74 Å². The van der Waals surface area contributed by atoms with Gasteiger partial charge in [-0.25, -0.2) is 4.79 Å². The molecule has 0 aromatic rings. The summed E-state index contributed by atoms with van der Waals surface area (Å²) in [5, 5.41) is 2.73. The Kier molecular flexibility index (Phi) is 6.73. The molecule has 1 amide bonds. The molecule has 0 saturated carbocycles.